The van der Waals surface area contributed by atoms with E-state index in [4.69, 9.17) is 22.1 Å². The topological polar surface area (TPSA) is 104 Å². The van der Waals surface area contributed by atoms with Crippen LogP contribution >= 0.6 is 22.9 Å². The van der Waals surface area contributed by atoms with Crippen molar-refractivity contribution in [2.75, 3.05) is 5.73 Å². The second-order valence-electron chi connectivity index (χ2n) is 4.58. The zero-order valence-electron chi connectivity index (χ0n) is 11.9. The number of carbonyl (C=O) groups is 1. The Morgan fingerprint density at radius 1 is 1.25 bits per heavy atom. The van der Waals surface area contributed by atoms with E-state index in [9.17, 15) is 13.2 Å². The smallest absolute Gasteiger partial charge is 0.355 e. The molecule has 0 fully saturated rings. The minimum Gasteiger partial charge on any atom is -0.401 e. The first-order chi connectivity index (χ1) is 11.4. The lowest BCUT2D eigenvalue weighted by atomic mass is 10.4. The second kappa shape index (κ2) is 6.27. The predicted molar refractivity (Wildman–Crippen MR) is 90.0 cm³/mol. The number of carbonyl (C=O) groups excluding carboxylic acids is 1. The van der Waals surface area contributed by atoms with Gasteiger partial charge in [0.25, 0.3) is 10.0 Å². The molecule has 2 heterocycles. The molecule has 0 saturated carbocycles. The number of nitrogens with zero attached hydrogens (tertiary/aromatic N) is 2. The van der Waals surface area contributed by atoms with Crippen molar-refractivity contribution in [2.45, 2.75) is 4.90 Å². The van der Waals surface area contributed by atoms with E-state index in [0.717, 1.165) is 0 Å². The molecule has 0 amide bonds. The van der Waals surface area contributed by atoms with Gasteiger partial charge in [-0.15, -0.1) is 20.5 Å². The molecule has 0 aliphatic rings. The van der Waals surface area contributed by atoms with Crippen molar-refractivity contribution in [3.8, 4) is 5.88 Å². The van der Waals surface area contributed by atoms with Crippen LogP contribution in [-0.2, 0) is 10.0 Å². The van der Waals surface area contributed by atoms with Gasteiger partial charge in [0.2, 0.25) is 5.88 Å². The van der Waals surface area contributed by atoms with Gasteiger partial charge in [-0.1, -0.05) is 17.7 Å². The maximum Gasteiger partial charge on any atom is 0.355 e. The van der Waals surface area contributed by atoms with Gasteiger partial charge in [0.1, 0.15) is 10.7 Å². The number of hydrogen-bond donors (Lipinski definition) is 1. The summed E-state index contributed by atoms with van der Waals surface area (Å²) in [4.78, 5) is 12.2. The molecular formula is C14H10ClN3O4S2. The van der Waals surface area contributed by atoms with Crippen molar-refractivity contribution in [3.05, 3.63) is 57.7 Å². The van der Waals surface area contributed by atoms with Crippen LogP contribution in [0.5, 0.6) is 5.88 Å². The number of anilines is 1. The van der Waals surface area contributed by atoms with Gasteiger partial charge in [-0.2, -0.15) is 8.42 Å². The number of ether oxygens (including phenoxy) is 1. The van der Waals surface area contributed by atoms with Gasteiger partial charge in [0.05, 0.1) is 4.90 Å². The number of benzene rings is 1. The van der Waals surface area contributed by atoms with Crippen LogP contribution in [0, 0.1) is 0 Å². The van der Waals surface area contributed by atoms with Crippen molar-refractivity contribution in [1.82, 2.24) is 9.19 Å². The molecule has 7 nitrogen and oxygen atoms in total. The van der Waals surface area contributed by atoms with Crippen LogP contribution in [0.4, 0.5) is 5.82 Å². The van der Waals surface area contributed by atoms with Gasteiger partial charge in [0, 0.05) is 11.1 Å². The van der Waals surface area contributed by atoms with Crippen molar-refractivity contribution < 1.29 is 17.9 Å². The van der Waals surface area contributed by atoms with Crippen LogP contribution in [0.25, 0.3) is 0 Å². The molecule has 0 saturated heterocycles. The quantitative estimate of drug-likeness (QED) is 0.694. The number of thiophene rings is 1. The number of nitrogen functional groups attached to an aromatic ring is 1. The van der Waals surface area contributed by atoms with Crippen LogP contribution in [0.15, 0.2) is 52.7 Å². The molecule has 124 valence electrons. The molecule has 10 heteroatoms. The van der Waals surface area contributed by atoms with Gasteiger partial charge in [-0.3, -0.25) is 0 Å². The zero-order valence-corrected chi connectivity index (χ0v) is 14.3. The highest BCUT2D eigenvalue weighted by Crippen LogP contribution is 2.23. The summed E-state index contributed by atoms with van der Waals surface area (Å²) >= 11 is 6.94. The lowest BCUT2D eigenvalue weighted by Crippen LogP contribution is -2.17. The van der Waals surface area contributed by atoms with Crippen molar-refractivity contribution in [2.24, 2.45) is 0 Å². The lowest BCUT2D eigenvalue weighted by Gasteiger charge is -2.05. The summed E-state index contributed by atoms with van der Waals surface area (Å²) in [6.07, 6.45) is 0. The first-order valence-corrected chi connectivity index (χ1v) is 9.20. The number of aromatic nitrogens is 2. The first kappa shape index (κ1) is 16.5. The van der Waals surface area contributed by atoms with Crippen LogP contribution in [0.1, 0.15) is 9.67 Å². The molecule has 3 rings (SSSR count). The summed E-state index contributed by atoms with van der Waals surface area (Å²) in [6, 6.07) is 9.97. The Kier molecular flexibility index (Phi) is 4.31. The maximum absolute atomic E-state index is 12.5. The molecule has 1 aromatic carbocycles. The van der Waals surface area contributed by atoms with Gasteiger partial charge < -0.3 is 10.5 Å². The molecule has 0 spiro atoms. The molecule has 0 bridgehead atoms. The number of halogens is 1. The molecule has 0 aliphatic carbocycles. The van der Waals surface area contributed by atoms with E-state index >= 15 is 0 Å². The van der Waals surface area contributed by atoms with Crippen molar-refractivity contribution in [3.63, 3.8) is 0 Å². The third-order valence-corrected chi connectivity index (χ3v) is 5.66. The fourth-order valence-electron chi connectivity index (χ4n) is 1.85. The number of nitrogens with two attached hydrogens (primary N) is 1. The van der Waals surface area contributed by atoms with Gasteiger partial charge in [0.15, 0.2) is 0 Å². The molecule has 2 N–H and O–H groups in total. The Labute approximate surface area is 146 Å². The number of rotatable bonds is 4. The fourth-order valence-corrected chi connectivity index (χ4v) is 3.77. The van der Waals surface area contributed by atoms with Gasteiger partial charge in [-0.25, -0.2) is 4.79 Å². The standard InChI is InChI=1S/C14H10ClN3O4S2/c15-9-3-5-10(6-4-9)24(20,21)18-12(16)8-13(17-18)22-14(19)11-2-1-7-23-11/h1-8H,16H2. The average molecular weight is 384 g/mol. The van der Waals surface area contributed by atoms with Crippen LogP contribution in [-0.4, -0.2) is 23.6 Å². The predicted octanol–water partition coefficient (Wildman–Crippen LogP) is 2.64. The van der Waals surface area contributed by atoms with Crippen molar-refractivity contribution in [1.29, 1.82) is 0 Å². The SMILES string of the molecule is Nc1cc(OC(=O)c2cccs2)nn1S(=O)(=O)c1ccc(Cl)cc1. The minimum absolute atomic E-state index is 0.0437. The summed E-state index contributed by atoms with van der Waals surface area (Å²) in [5.41, 5.74) is 5.70. The normalized spacial score (nSPS) is 11.4. The summed E-state index contributed by atoms with van der Waals surface area (Å²) < 4.78 is 30.7. The number of esters is 1. The summed E-state index contributed by atoms with van der Waals surface area (Å²) in [5, 5.41) is 5.88. The van der Waals surface area contributed by atoms with E-state index in [1.54, 1.807) is 17.5 Å². The van der Waals surface area contributed by atoms with E-state index < -0.39 is 16.0 Å². The third-order valence-electron chi connectivity index (χ3n) is 2.94. The Hall–Kier alpha value is -2.36. The largest absolute Gasteiger partial charge is 0.401 e. The zero-order chi connectivity index (χ0) is 17.3. The van der Waals surface area contributed by atoms with E-state index in [0.29, 0.717) is 14.0 Å². The summed E-state index contributed by atoms with van der Waals surface area (Å²) in [7, 11) is -4.02. The van der Waals surface area contributed by atoms with Crippen molar-refractivity contribution >= 4 is 44.7 Å². The average Bonchev–Trinajstić information content (AvgIpc) is 3.17. The first-order valence-electron chi connectivity index (χ1n) is 6.50. The Bertz CT molecular complexity index is 980. The van der Waals surface area contributed by atoms with E-state index in [1.807, 2.05) is 0 Å². The fraction of sp³-hybridized carbons (Fsp3) is 0. The van der Waals surface area contributed by atoms with Gasteiger partial charge in [-0.05, 0) is 35.7 Å². The highest BCUT2D eigenvalue weighted by Gasteiger charge is 2.23. The van der Waals surface area contributed by atoms with Crippen LogP contribution in [0.3, 0.4) is 0 Å². The van der Waals surface area contributed by atoms with E-state index in [2.05, 4.69) is 5.10 Å². The Morgan fingerprint density at radius 2 is 1.96 bits per heavy atom. The summed E-state index contributed by atoms with van der Waals surface area (Å²) in [5.74, 6) is -1.03. The molecule has 0 radical (unpaired) electrons. The molecule has 0 unspecified atom stereocenters. The second-order valence-corrected chi connectivity index (χ2v) is 7.73. The van der Waals surface area contributed by atoms with E-state index in [-0.39, 0.29) is 16.6 Å². The molecule has 0 aliphatic heterocycles. The Morgan fingerprint density at radius 3 is 2.58 bits per heavy atom. The number of hydrogen-bond acceptors (Lipinski definition) is 7. The maximum atomic E-state index is 12.5. The molecular weight excluding hydrogens is 374 g/mol. The van der Waals surface area contributed by atoms with E-state index in [1.165, 1.54) is 41.7 Å². The minimum atomic E-state index is -4.02. The van der Waals surface area contributed by atoms with Crippen LogP contribution < -0.4 is 10.5 Å². The Balaban J connectivity index is 1.91. The van der Waals surface area contributed by atoms with Crippen LogP contribution in [0.2, 0.25) is 5.02 Å². The van der Waals surface area contributed by atoms with Gasteiger partial charge >= 0.3 is 5.97 Å². The lowest BCUT2D eigenvalue weighted by molar-refractivity contribution is 0.0732. The summed E-state index contributed by atoms with van der Waals surface area (Å²) in [6.45, 7) is 0. The highest BCUT2D eigenvalue weighted by molar-refractivity contribution is 7.90. The molecule has 24 heavy (non-hydrogen) atoms. The molecule has 2 aromatic heterocycles. The highest BCUT2D eigenvalue weighted by atomic mass is 35.5. The monoisotopic (exact) mass is 383 g/mol. The molecule has 0 atom stereocenters. The third kappa shape index (κ3) is 3.14. The molecule has 3 aromatic rings.